The van der Waals surface area contributed by atoms with Gasteiger partial charge in [-0.15, -0.1) is 4.28 Å². The quantitative estimate of drug-likeness (QED) is 0.0605. The minimum absolute atomic E-state index is 0. The highest BCUT2D eigenvalue weighted by Crippen LogP contribution is 2.31. The molecule has 71 heavy (non-hydrogen) atoms. The van der Waals surface area contributed by atoms with Crippen LogP contribution in [-0.4, -0.2) is 172 Å². The number of hydrogen-bond acceptors (Lipinski definition) is 14. The lowest BCUT2D eigenvalue weighted by molar-refractivity contribution is -0.153. The fraction of sp³-hybridized carbons (Fsp3) is 0.872. The SMILES string of the molecule is CC(C)(C)OC(=O)N1CC(ONC(=O)[C@@H]2CC[C@@H]3CN2C(=O)N3OS(=O)(=O)O)C1.CCCCCCCC.CCCCCCCC.CN1C(=O)N2C[C@H]1CC[C@H]2C(=O)NOC1CN(C(=O)OC(C)(C)C)C1.N. The standard InChI is InChI=1S/C16H26N4O5.C15H24N4O9S.2C8H18.H3N/c1-16(2,3)24-15(23)19-8-11(9-19)25-17-13(21)12-6-5-10-7-20(12)14(22)18(10)4;1-15(2,3)26-14(22)17-7-10(8-17)27-16-12(20)11-5-4-9-6-18(11)13(21)19(9)28-29(23,24)25;2*1-3-5-7-8-6-4-2;/h10-12H,5-9H2,1-4H3,(H,17,21);9-11H,4-8H2,1-3H3,(H,16,20)(H,23,24,25);2*3-8H2,1-2H3;1H3/t10-,12+;9-,11+;;;/m11.../s1. The average Bonchev–Trinajstić information content (AvgIpc) is 3.60. The molecule has 6 aliphatic heterocycles. The molecule has 0 aromatic rings. The van der Waals surface area contributed by atoms with Gasteiger partial charge < -0.3 is 40.1 Å². The second kappa shape index (κ2) is 29.5. The van der Waals surface area contributed by atoms with E-state index in [0.29, 0.717) is 37.5 Å². The zero-order valence-corrected chi connectivity index (χ0v) is 45.4. The summed E-state index contributed by atoms with van der Waals surface area (Å²) in [7, 11) is -3.08. The van der Waals surface area contributed by atoms with Crippen molar-refractivity contribution in [3.8, 4) is 0 Å². The second-order valence-corrected chi connectivity index (χ2v) is 21.8. The molecule has 0 aromatic heterocycles. The van der Waals surface area contributed by atoms with Crippen molar-refractivity contribution < 1.29 is 65.2 Å². The number of urea groups is 2. The summed E-state index contributed by atoms with van der Waals surface area (Å²) >= 11 is 0. The van der Waals surface area contributed by atoms with Crippen LogP contribution >= 0.6 is 0 Å². The number of carbonyl (C=O) groups is 6. The molecule has 0 aliphatic carbocycles. The number of carbonyl (C=O) groups excluding carboxylic acids is 6. The van der Waals surface area contributed by atoms with Crippen molar-refractivity contribution in [2.45, 2.75) is 220 Å². The Morgan fingerprint density at radius 2 is 0.930 bits per heavy atom. The fourth-order valence-electron chi connectivity index (χ4n) is 8.32. The first-order valence-corrected chi connectivity index (χ1v) is 26.9. The van der Waals surface area contributed by atoms with E-state index in [1.54, 1.807) is 37.6 Å². The van der Waals surface area contributed by atoms with Gasteiger partial charge in [-0.3, -0.25) is 23.8 Å². The summed E-state index contributed by atoms with van der Waals surface area (Å²) in [6, 6.07) is -2.67. The molecule has 23 nitrogen and oxygen atoms in total. The molecule has 0 saturated carbocycles. The number of amides is 8. The number of hydroxylamine groups is 4. The fourth-order valence-corrected chi connectivity index (χ4v) is 8.71. The van der Waals surface area contributed by atoms with Crippen molar-refractivity contribution in [3.05, 3.63) is 0 Å². The smallest absolute Gasteiger partial charge is 0.418 e. The minimum atomic E-state index is -4.85. The minimum Gasteiger partial charge on any atom is -0.444 e. The van der Waals surface area contributed by atoms with Crippen LogP contribution in [0.2, 0.25) is 0 Å². The number of piperidine rings is 2. The number of fused-ring (bicyclic) bond motifs is 4. The number of likely N-dealkylation sites (tertiary alicyclic amines) is 2. The van der Waals surface area contributed by atoms with Gasteiger partial charge in [-0.1, -0.05) is 105 Å². The topological polar surface area (TPSA) is 281 Å². The summed E-state index contributed by atoms with van der Waals surface area (Å²) in [5, 5.41) is 0.564. The predicted molar refractivity (Wildman–Crippen MR) is 265 cm³/mol. The number of unbranched alkanes of at least 4 members (excludes halogenated alkanes) is 10. The lowest BCUT2D eigenvalue weighted by atomic mass is 10.0. The molecule has 6 N–H and O–H groups in total. The molecule has 0 radical (unpaired) electrons. The molecule has 4 bridgehead atoms. The van der Waals surface area contributed by atoms with Crippen LogP contribution in [0.4, 0.5) is 19.2 Å². The lowest BCUT2D eigenvalue weighted by Gasteiger charge is -2.39. The maximum Gasteiger partial charge on any atom is 0.418 e. The lowest BCUT2D eigenvalue weighted by Crippen LogP contribution is -2.58. The van der Waals surface area contributed by atoms with E-state index in [1.165, 1.54) is 86.8 Å². The van der Waals surface area contributed by atoms with E-state index >= 15 is 0 Å². The van der Waals surface area contributed by atoms with Gasteiger partial charge in [0.2, 0.25) is 0 Å². The van der Waals surface area contributed by atoms with Crippen molar-refractivity contribution in [1.29, 1.82) is 0 Å². The van der Waals surface area contributed by atoms with Gasteiger partial charge in [0.05, 0.1) is 38.3 Å². The first-order chi connectivity index (χ1) is 32.8. The molecule has 6 saturated heterocycles. The second-order valence-electron chi connectivity index (χ2n) is 20.8. The third-order valence-corrected chi connectivity index (χ3v) is 12.7. The van der Waals surface area contributed by atoms with Gasteiger partial charge in [0, 0.05) is 20.1 Å². The Labute approximate surface area is 423 Å². The highest BCUT2D eigenvalue weighted by molar-refractivity contribution is 7.80. The van der Waals surface area contributed by atoms with E-state index in [2.05, 4.69) is 42.9 Å². The first-order valence-electron chi connectivity index (χ1n) is 25.5. The summed E-state index contributed by atoms with van der Waals surface area (Å²) in [6.45, 7) is 21.6. The highest BCUT2D eigenvalue weighted by Gasteiger charge is 2.50. The average molecular weight is 1040 g/mol. The van der Waals surface area contributed by atoms with Crippen molar-refractivity contribution in [2.24, 2.45) is 0 Å². The van der Waals surface area contributed by atoms with Gasteiger partial charge in [0.15, 0.2) is 0 Å². The van der Waals surface area contributed by atoms with Crippen LogP contribution in [0.1, 0.15) is 172 Å². The predicted octanol–water partition coefficient (Wildman–Crippen LogP) is 7.10. The van der Waals surface area contributed by atoms with Gasteiger partial charge in [0.25, 0.3) is 11.8 Å². The number of nitrogens with zero attached hydrogens (tertiary/aromatic N) is 6. The van der Waals surface area contributed by atoms with E-state index in [9.17, 15) is 37.2 Å². The molecule has 6 fully saturated rings. The zero-order valence-electron chi connectivity index (χ0n) is 44.6. The van der Waals surface area contributed by atoms with E-state index in [4.69, 9.17) is 23.7 Å². The van der Waals surface area contributed by atoms with E-state index in [-0.39, 0.29) is 62.4 Å². The van der Waals surface area contributed by atoms with Crippen LogP contribution in [0.3, 0.4) is 0 Å². The molecule has 6 aliphatic rings. The molecule has 0 unspecified atom stereocenters. The van der Waals surface area contributed by atoms with Crippen molar-refractivity contribution in [1.82, 2.24) is 46.7 Å². The molecular weight excluding hydrogens is 947 g/mol. The Hall–Kier alpha value is -4.23. The number of likely N-dealkylation sites (N-methyl/N-ethyl adjacent to an activating group) is 1. The summed E-state index contributed by atoms with van der Waals surface area (Å²) in [5.41, 5.74) is 3.60. The van der Waals surface area contributed by atoms with Crippen LogP contribution in [0, 0.1) is 0 Å². The summed E-state index contributed by atoms with van der Waals surface area (Å²) in [6.07, 6.45) is 17.5. The number of hydrogen-bond donors (Lipinski definition) is 4. The van der Waals surface area contributed by atoms with Crippen LogP contribution in [-0.2, 0) is 43.4 Å². The van der Waals surface area contributed by atoms with Crippen LogP contribution < -0.4 is 17.1 Å². The summed E-state index contributed by atoms with van der Waals surface area (Å²) in [5.74, 6) is -0.876. The van der Waals surface area contributed by atoms with Gasteiger partial charge >= 0.3 is 34.6 Å². The third-order valence-electron chi connectivity index (χ3n) is 12.3. The number of ether oxygens (including phenoxy) is 2. The first kappa shape index (κ1) is 62.9. The van der Waals surface area contributed by atoms with E-state index in [1.807, 2.05) is 20.8 Å². The third kappa shape index (κ3) is 21.0. The van der Waals surface area contributed by atoms with Crippen molar-refractivity contribution in [3.63, 3.8) is 0 Å². The van der Waals surface area contributed by atoms with Gasteiger partial charge in [-0.05, 0) is 67.2 Å². The number of rotatable bonds is 18. The van der Waals surface area contributed by atoms with Crippen LogP contribution in [0.25, 0.3) is 0 Å². The zero-order chi connectivity index (χ0) is 52.4. The Balaban J connectivity index is 0.000000371. The molecule has 24 heteroatoms. The summed E-state index contributed by atoms with van der Waals surface area (Å²) in [4.78, 5) is 90.9. The Morgan fingerprint density at radius 1 is 0.577 bits per heavy atom. The Kier molecular flexibility index (Phi) is 26.1. The van der Waals surface area contributed by atoms with Crippen LogP contribution in [0.15, 0.2) is 0 Å². The Morgan fingerprint density at radius 3 is 1.28 bits per heavy atom. The molecule has 6 heterocycles. The van der Waals surface area contributed by atoms with Crippen molar-refractivity contribution >= 4 is 46.5 Å². The maximum atomic E-state index is 12.4. The normalized spacial score (nSPS) is 21.8. The van der Waals surface area contributed by atoms with Gasteiger partial charge in [-0.2, -0.15) is 13.5 Å². The van der Waals surface area contributed by atoms with Crippen molar-refractivity contribution in [2.75, 3.05) is 46.3 Å². The highest BCUT2D eigenvalue weighted by atomic mass is 32.3. The molecule has 412 valence electrons. The monoisotopic (exact) mass is 1040 g/mol. The van der Waals surface area contributed by atoms with E-state index < -0.39 is 63.9 Å². The molecule has 0 spiro atoms. The maximum absolute atomic E-state index is 12.4. The van der Waals surface area contributed by atoms with Gasteiger partial charge in [0.1, 0.15) is 35.5 Å². The molecule has 0 aromatic carbocycles. The van der Waals surface area contributed by atoms with E-state index in [0.717, 1.165) is 11.3 Å². The molecule has 4 atom stereocenters. The Bertz CT molecular complexity index is 1780. The largest absolute Gasteiger partial charge is 0.444 e. The van der Waals surface area contributed by atoms with Gasteiger partial charge in [-0.25, -0.2) is 30.1 Å². The molecule has 6 rings (SSSR count). The van der Waals surface area contributed by atoms with Crippen LogP contribution in [0.5, 0.6) is 0 Å². The summed E-state index contributed by atoms with van der Waals surface area (Å²) < 4.78 is 45.4. The molecule has 8 amide bonds. The molecular formula is C47H89N9O14S. The number of nitrogens with one attached hydrogen (secondary N) is 2.